The Bertz CT molecular complexity index is 445. The summed E-state index contributed by atoms with van der Waals surface area (Å²) in [7, 11) is -1.69. The predicted octanol–water partition coefficient (Wildman–Crippen LogP) is 4.18. The molecule has 0 saturated carbocycles. The summed E-state index contributed by atoms with van der Waals surface area (Å²) < 4.78 is 6.10. The van der Waals surface area contributed by atoms with Gasteiger partial charge < -0.3 is 4.43 Å². The zero-order valence-corrected chi connectivity index (χ0v) is 11.9. The van der Waals surface area contributed by atoms with Gasteiger partial charge in [0, 0.05) is 6.10 Å². The molecule has 0 amide bonds. The molecule has 0 N–H and O–H groups in total. The van der Waals surface area contributed by atoms with E-state index in [0.717, 1.165) is 6.42 Å². The first-order chi connectivity index (χ1) is 8.04. The maximum absolute atomic E-state index is 6.10. The molecule has 0 aliphatic carbocycles. The third kappa shape index (κ3) is 2.43. The number of benzene rings is 1. The maximum Gasteiger partial charge on any atom is 0.215 e. The highest BCUT2D eigenvalue weighted by Crippen LogP contribution is 2.37. The summed E-state index contributed by atoms with van der Waals surface area (Å²) >= 11 is 0. The first kappa shape index (κ1) is 12.3. The predicted molar refractivity (Wildman–Crippen MR) is 76.2 cm³/mol. The molecule has 1 atom stereocenters. The van der Waals surface area contributed by atoms with Gasteiger partial charge in [-0.2, -0.15) is 0 Å². The van der Waals surface area contributed by atoms with Gasteiger partial charge in [-0.15, -0.1) is 0 Å². The molecule has 2 rings (SSSR count). The second-order valence-electron chi connectivity index (χ2n) is 5.11. The summed E-state index contributed by atoms with van der Waals surface area (Å²) in [6.07, 6.45) is 3.39. The van der Waals surface area contributed by atoms with Gasteiger partial charge in [-0.1, -0.05) is 43.0 Å². The molecule has 1 saturated heterocycles. The Morgan fingerprint density at radius 3 is 2.47 bits per heavy atom. The molecule has 1 aromatic carbocycles. The zero-order chi connectivity index (χ0) is 12.5. The fraction of sp³-hybridized carbons (Fsp3) is 0.333. The van der Waals surface area contributed by atoms with Crippen molar-refractivity contribution in [3.63, 3.8) is 0 Å². The van der Waals surface area contributed by atoms with Crippen LogP contribution >= 0.6 is 0 Å². The number of allylic oxidation sites excluding steroid dienone is 2. The van der Waals surface area contributed by atoms with Crippen LogP contribution in [-0.2, 0) is 4.43 Å². The third-order valence-corrected chi connectivity index (χ3v) is 6.25. The monoisotopic (exact) mass is 244 g/mol. The molecular formula is C15H20OSi. The molecule has 0 radical (unpaired) electrons. The van der Waals surface area contributed by atoms with Crippen LogP contribution < -0.4 is 0 Å². The van der Waals surface area contributed by atoms with E-state index >= 15 is 0 Å². The average Bonchev–Trinajstić information content (AvgIpc) is 2.55. The van der Waals surface area contributed by atoms with Crippen LogP contribution in [0.5, 0.6) is 0 Å². The van der Waals surface area contributed by atoms with Crippen molar-refractivity contribution >= 4 is 13.9 Å². The molecule has 1 fully saturated rings. The summed E-state index contributed by atoms with van der Waals surface area (Å²) in [5.74, 6) is 0. The van der Waals surface area contributed by atoms with E-state index < -0.39 is 8.32 Å². The molecule has 1 aliphatic rings. The summed E-state index contributed by atoms with van der Waals surface area (Å²) in [5.41, 5.74) is 2.54. The second kappa shape index (κ2) is 4.63. The SMILES string of the molecule is C=C/C(=C1\CC(C)O[Si]1(C)C)c1ccccc1. The first-order valence-electron chi connectivity index (χ1n) is 6.14. The lowest BCUT2D eigenvalue weighted by atomic mass is 10.0. The van der Waals surface area contributed by atoms with Gasteiger partial charge in [0.1, 0.15) is 0 Å². The Labute approximate surface area is 105 Å². The van der Waals surface area contributed by atoms with E-state index in [2.05, 4.69) is 50.9 Å². The average molecular weight is 244 g/mol. The molecule has 1 nitrogen and oxygen atoms in total. The van der Waals surface area contributed by atoms with E-state index in [1.807, 2.05) is 12.1 Å². The Morgan fingerprint density at radius 2 is 2.00 bits per heavy atom. The molecule has 1 aromatic rings. The Balaban J connectivity index is 2.51. The molecule has 1 aliphatic heterocycles. The molecule has 2 heteroatoms. The van der Waals surface area contributed by atoms with E-state index in [-0.39, 0.29) is 0 Å². The summed E-state index contributed by atoms with van der Waals surface area (Å²) in [6, 6.07) is 10.5. The van der Waals surface area contributed by atoms with Gasteiger partial charge in [0.05, 0.1) is 0 Å². The minimum absolute atomic E-state index is 0.352. The fourth-order valence-electron chi connectivity index (χ4n) is 2.62. The molecular weight excluding hydrogens is 224 g/mol. The van der Waals surface area contributed by atoms with Crippen LogP contribution in [0.4, 0.5) is 0 Å². The summed E-state index contributed by atoms with van der Waals surface area (Å²) in [5, 5.41) is 1.49. The van der Waals surface area contributed by atoms with Crippen LogP contribution in [0.15, 0.2) is 48.2 Å². The van der Waals surface area contributed by atoms with Gasteiger partial charge in [-0.25, -0.2) is 0 Å². The van der Waals surface area contributed by atoms with Gasteiger partial charge in [-0.3, -0.25) is 0 Å². The number of hydrogen-bond acceptors (Lipinski definition) is 1. The van der Waals surface area contributed by atoms with Crippen LogP contribution in [-0.4, -0.2) is 14.4 Å². The fourth-order valence-corrected chi connectivity index (χ4v) is 5.52. The van der Waals surface area contributed by atoms with E-state index in [4.69, 9.17) is 4.43 Å². The molecule has 17 heavy (non-hydrogen) atoms. The van der Waals surface area contributed by atoms with Crippen LogP contribution in [0.25, 0.3) is 5.57 Å². The van der Waals surface area contributed by atoms with E-state index in [1.54, 1.807) is 0 Å². The molecule has 0 bridgehead atoms. The highest BCUT2D eigenvalue weighted by Gasteiger charge is 2.38. The van der Waals surface area contributed by atoms with Gasteiger partial charge >= 0.3 is 0 Å². The zero-order valence-electron chi connectivity index (χ0n) is 10.9. The van der Waals surface area contributed by atoms with E-state index in [9.17, 15) is 0 Å². The highest BCUT2D eigenvalue weighted by molar-refractivity contribution is 6.80. The first-order valence-corrected chi connectivity index (χ1v) is 9.04. The minimum atomic E-state index is -1.69. The number of hydrogen-bond donors (Lipinski definition) is 0. The van der Waals surface area contributed by atoms with Crippen molar-refractivity contribution in [2.24, 2.45) is 0 Å². The van der Waals surface area contributed by atoms with Crippen molar-refractivity contribution in [3.8, 4) is 0 Å². The lowest BCUT2D eigenvalue weighted by molar-refractivity contribution is 0.246. The van der Waals surface area contributed by atoms with E-state index in [1.165, 1.54) is 16.3 Å². The molecule has 90 valence electrons. The smallest absolute Gasteiger partial charge is 0.215 e. The van der Waals surface area contributed by atoms with Gasteiger partial charge in [0.15, 0.2) is 0 Å². The van der Waals surface area contributed by atoms with Crippen molar-refractivity contribution in [1.82, 2.24) is 0 Å². The highest BCUT2D eigenvalue weighted by atomic mass is 28.4. The summed E-state index contributed by atoms with van der Waals surface area (Å²) in [6.45, 7) is 10.7. The topological polar surface area (TPSA) is 9.23 Å². The molecule has 0 aromatic heterocycles. The maximum atomic E-state index is 6.10. The Morgan fingerprint density at radius 1 is 1.35 bits per heavy atom. The Hall–Kier alpha value is -1.12. The quantitative estimate of drug-likeness (QED) is 0.709. The van der Waals surface area contributed by atoms with Crippen molar-refractivity contribution in [3.05, 3.63) is 53.7 Å². The summed E-state index contributed by atoms with van der Waals surface area (Å²) in [4.78, 5) is 0. The van der Waals surface area contributed by atoms with Crippen LogP contribution in [0.3, 0.4) is 0 Å². The third-order valence-electron chi connectivity index (χ3n) is 3.33. The molecule has 1 unspecified atom stereocenters. The Kier molecular flexibility index (Phi) is 3.36. The van der Waals surface area contributed by atoms with Crippen molar-refractivity contribution in [1.29, 1.82) is 0 Å². The van der Waals surface area contributed by atoms with Crippen molar-refractivity contribution in [2.75, 3.05) is 0 Å². The van der Waals surface area contributed by atoms with Gasteiger partial charge in [-0.05, 0) is 42.8 Å². The minimum Gasteiger partial charge on any atom is -0.410 e. The van der Waals surface area contributed by atoms with Crippen LogP contribution in [0, 0.1) is 0 Å². The van der Waals surface area contributed by atoms with Gasteiger partial charge in [0.25, 0.3) is 0 Å². The largest absolute Gasteiger partial charge is 0.410 e. The lowest BCUT2D eigenvalue weighted by Crippen LogP contribution is -2.28. The van der Waals surface area contributed by atoms with Gasteiger partial charge in [0.2, 0.25) is 8.32 Å². The van der Waals surface area contributed by atoms with Crippen LogP contribution in [0.1, 0.15) is 18.9 Å². The molecule has 1 heterocycles. The van der Waals surface area contributed by atoms with Crippen molar-refractivity contribution < 1.29 is 4.43 Å². The van der Waals surface area contributed by atoms with Crippen LogP contribution in [0.2, 0.25) is 13.1 Å². The van der Waals surface area contributed by atoms with E-state index in [0.29, 0.717) is 6.10 Å². The molecule has 0 spiro atoms. The number of rotatable bonds is 2. The van der Waals surface area contributed by atoms with Crippen molar-refractivity contribution in [2.45, 2.75) is 32.5 Å². The second-order valence-corrected chi connectivity index (χ2v) is 8.97. The normalized spacial score (nSPS) is 25.7. The lowest BCUT2D eigenvalue weighted by Gasteiger charge is -2.19. The standard InChI is InChI=1S/C15H20OSi/c1-5-14(13-9-7-6-8-10-13)15-11-12(2)16-17(15,3)4/h5-10,12H,1,11H2,2-4H3/b15-14-.